The van der Waals surface area contributed by atoms with Gasteiger partial charge in [-0.1, -0.05) is 30.3 Å². The van der Waals surface area contributed by atoms with Crippen molar-refractivity contribution in [2.24, 2.45) is 0 Å². The van der Waals surface area contributed by atoms with Crippen molar-refractivity contribution in [1.29, 1.82) is 0 Å². The Bertz CT molecular complexity index is 758. The van der Waals surface area contributed by atoms with E-state index in [9.17, 15) is 18.3 Å². The summed E-state index contributed by atoms with van der Waals surface area (Å²) in [4.78, 5) is 12.1. The normalized spacial score (nSPS) is 11.2. The number of nitrogens with one attached hydrogen (secondary N) is 1. The Morgan fingerprint density at radius 1 is 1.09 bits per heavy atom. The van der Waals surface area contributed by atoms with Crippen LogP contribution in [0.1, 0.15) is 12.5 Å². The van der Waals surface area contributed by atoms with Gasteiger partial charge in [0, 0.05) is 18.8 Å². The van der Waals surface area contributed by atoms with Crippen molar-refractivity contribution >= 4 is 21.8 Å². The van der Waals surface area contributed by atoms with Crippen molar-refractivity contribution in [2.45, 2.75) is 18.4 Å². The molecule has 0 aliphatic rings. The zero-order chi connectivity index (χ0) is 16.9. The van der Waals surface area contributed by atoms with Crippen molar-refractivity contribution in [2.75, 3.05) is 11.4 Å². The number of benzene rings is 2. The second-order valence-corrected chi connectivity index (χ2v) is 6.58. The van der Waals surface area contributed by atoms with Crippen LogP contribution in [-0.2, 0) is 16.6 Å². The van der Waals surface area contributed by atoms with Crippen LogP contribution in [0.4, 0.5) is 10.5 Å². The predicted octanol–water partition coefficient (Wildman–Crippen LogP) is 1.33. The van der Waals surface area contributed by atoms with Gasteiger partial charge in [-0.25, -0.2) is 13.1 Å². The maximum Gasteiger partial charge on any atom is 0.240 e. The Labute approximate surface area is 135 Å². The minimum Gasteiger partial charge on any atom is -0.530 e. The minimum atomic E-state index is -3.66. The van der Waals surface area contributed by atoms with Crippen molar-refractivity contribution in [1.82, 2.24) is 4.72 Å². The summed E-state index contributed by atoms with van der Waals surface area (Å²) >= 11 is 0. The van der Waals surface area contributed by atoms with E-state index in [2.05, 4.69) is 4.72 Å². The number of hydrogen-bond donors (Lipinski definition) is 1. The molecule has 0 spiro atoms. The van der Waals surface area contributed by atoms with Crippen LogP contribution in [-0.4, -0.2) is 21.1 Å². The number of carboxylic acid groups (broad SMARTS) is 1. The topological polar surface area (TPSA) is 89.5 Å². The summed E-state index contributed by atoms with van der Waals surface area (Å²) in [6.07, 6.45) is -1.33. The van der Waals surface area contributed by atoms with Gasteiger partial charge in [-0.15, -0.1) is 0 Å². The van der Waals surface area contributed by atoms with Gasteiger partial charge in [0.15, 0.2) is 0 Å². The van der Waals surface area contributed by atoms with Crippen LogP contribution in [0, 0.1) is 0 Å². The molecule has 2 aromatic rings. The first-order valence-electron chi connectivity index (χ1n) is 7.06. The molecule has 1 amide bonds. The third kappa shape index (κ3) is 4.30. The van der Waals surface area contributed by atoms with E-state index in [1.807, 2.05) is 30.3 Å². The Balaban J connectivity index is 2.12. The van der Waals surface area contributed by atoms with E-state index in [1.165, 1.54) is 24.3 Å². The van der Waals surface area contributed by atoms with Crippen LogP contribution in [0.2, 0.25) is 0 Å². The zero-order valence-corrected chi connectivity index (χ0v) is 13.4. The number of carbonyl (C=O) groups excluding carboxylic acids is 1. The van der Waals surface area contributed by atoms with Gasteiger partial charge in [-0.05, 0) is 36.8 Å². The number of amides is 1. The maximum atomic E-state index is 12.2. The number of sulfonamides is 1. The number of anilines is 1. The number of carbonyl (C=O) groups is 1. The molecule has 0 aromatic heterocycles. The third-order valence-corrected chi connectivity index (χ3v) is 4.72. The average molecular weight is 333 g/mol. The second-order valence-electron chi connectivity index (χ2n) is 4.81. The molecule has 0 radical (unpaired) electrons. The summed E-state index contributed by atoms with van der Waals surface area (Å²) in [5.41, 5.74) is 1.22. The maximum absolute atomic E-state index is 12.2. The van der Waals surface area contributed by atoms with Gasteiger partial charge in [-0.2, -0.15) is 0 Å². The first-order chi connectivity index (χ1) is 10.9. The average Bonchev–Trinajstić information content (AvgIpc) is 2.55. The van der Waals surface area contributed by atoms with E-state index in [-0.39, 0.29) is 18.0 Å². The molecule has 0 saturated carbocycles. The highest BCUT2D eigenvalue weighted by atomic mass is 32.2. The lowest BCUT2D eigenvalue weighted by atomic mass is 10.2. The molecule has 6 nitrogen and oxygen atoms in total. The summed E-state index contributed by atoms with van der Waals surface area (Å²) in [6.45, 7) is 2.08. The highest BCUT2D eigenvalue weighted by Crippen LogP contribution is 2.18. The minimum absolute atomic E-state index is 0.0755. The second kappa shape index (κ2) is 7.26. The largest absolute Gasteiger partial charge is 0.530 e. The molecule has 0 saturated heterocycles. The van der Waals surface area contributed by atoms with Crippen molar-refractivity contribution in [3.05, 3.63) is 60.2 Å². The van der Waals surface area contributed by atoms with Gasteiger partial charge < -0.3 is 14.8 Å². The van der Waals surface area contributed by atoms with Crippen LogP contribution in [0.25, 0.3) is 0 Å². The lowest BCUT2D eigenvalue weighted by molar-refractivity contribution is -0.246. The zero-order valence-electron chi connectivity index (χ0n) is 12.6. The molecule has 0 aliphatic heterocycles. The van der Waals surface area contributed by atoms with Gasteiger partial charge >= 0.3 is 0 Å². The van der Waals surface area contributed by atoms with E-state index in [4.69, 9.17) is 0 Å². The third-order valence-electron chi connectivity index (χ3n) is 3.30. The van der Waals surface area contributed by atoms with Crippen LogP contribution in [0.5, 0.6) is 0 Å². The Hall–Kier alpha value is -2.38. The molecule has 2 rings (SSSR count). The van der Waals surface area contributed by atoms with Crippen LogP contribution in [0.15, 0.2) is 59.5 Å². The van der Waals surface area contributed by atoms with E-state index >= 15 is 0 Å². The molecular weight excluding hydrogens is 316 g/mol. The van der Waals surface area contributed by atoms with Crippen LogP contribution >= 0.6 is 0 Å². The van der Waals surface area contributed by atoms with E-state index < -0.39 is 16.1 Å². The van der Waals surface area contributed by atoms with Crippen LogP contribution < -0.4 is 14.7 Å². The summed E-state index contributed by atoms with van der Waals surface area (Å²) in [5, 5.41) is 11.0. The lowest BCUT2D eigenvalue weighted by Crippen LogP contribution is -2.41. The number of rotatable bonds is 6. The molecule has 23 heavy (non-hydrogen) atoms. The quantitative estimate of drug-likeness (QED) is 0.864. The predicted molar refractivity (Wildman–Crippen MR) is 85.3 cm³/mol. The van der Waals surface area contributed by atoms with Crippen molar-refractivity contribution < 1.29 is 18.3 Å². The number of hydrogen-bond acceptors (Lipinski definition) is 4. The molecule has 1 N–H and O–H groups in total. The van der Waals surface area contributed by atoms with E-state index in [1.54, 1.807) is 6.92 Å². The van der Waals surface area contributed by atoms with Crippen LogP contribution in [0.3, 0.4) is 0 Å². The first kappa shape index (κ1) is 17.0. The highest BCUT2D eigenvalue weighted by Gasteiger charge is 2.14. The van der Waals surface area contributed by atoms with Gasteiger partial charge in [0.1, 0.15) is 6.09 Å². The van der Waals surface area contributed by atoms with Gasteiger partial charge in [-0.3, -0.25) is 0 Å². The smallest absolute Gasteiger partial charge is 0.240 e. The molecule has 0 aliphatic carbocycles. The lowest BCUT2D eigenvalue weighted by Gasteiger charge is -2.23. The summed E-state index contributed by atoms with van der Waals surface area (Å²) in [5.74, 6) is 0. The molecule has 0 bridgehead atoms. The Morgan fingerprint density at radius 2 is 1.70 bits per heavy atom. The number of nitrogens with zero attached hydrogens (tertiary/aromatic N) is 1. The molecule has 0 fully saturated rings. The molecular formula is C16H17N2O4S-. The summed E-state index contributed by atoms with van der Waals surface area (Å²) < 4.78 is 27.0. The Kier molecular flexibility index (Phi) is 5.36. The molecule has 0 heterocycles. The van der Waals surface area contributed by atoms with E-state index in [0.29, 0.717) is 5.69 Å². The fraction of sp³-hybridized carbons (Fsp3) is 0.188. The first-order valence-corrected chi connectivity index (χ1v) is 8.54. The monoisotopic (exact) mass is 333 g/mol. The summed E-state index contributed by atoms with van der Waals surface area (Å²) in [6, 6.07) is 14.8. The van der Waals surface area contributed by atoms with Gasteiger partial charge in [0.2, 0.25) is 10.0 Å². The fourth-order valence-corrected chi connectivity index (χ4v) is 3.10. The van der Waals surface area contributed by atoms with Crippen molar-refractivity contribution in [3.8, 4) is 0 Å². The molecule has 7 heteroatoms. The van der Waals surface area contributed by atoms with Crippen molar-refractivity contribution in [3.63, 3.8) is 0 Å². The molecule has 0 unspecified atom stereocenters. The highest BCUT2D eigenvalue weighted by molar-refractivity contribution is 7.89. The SMILES string of the molecule is CCN(C(=O)[O-])c1ccc(S(=O)(=O)NCc2ccccc2)cc1. The summed E-state index contributed by atoms with van der Waals surface area (Å²) in [7, 11) is -3.66. The molecule has 122 valence electrons. The van der Waals surface area contributed by atoms with E-state index in [0.717, 1.165) is 10.5 Å². The molecule has 0 atom stereocenters. The standard InChI is InChI=1S/C16H18N2O4S/c1-2-18(16(19)20)14-8-10-15(11-9-14)23(21,22)17-12-13-6-4-3-5-7-13/h3-11,17H,2,12H2,1H3,(H,19,20)/p-1. The molecule has 2 aromatic carbocycles. The van der Waals surface area contributed by atoms with Gasteiger partial charge in [0.25, 0.3) is 0 Å². The van der Waals surface area contributed by atoms with Gasteiger partial charge in [0.05, 0.1) is 4.90 Å². The fourth-order valence-electron chi connectivity index (χ4n) is 2.08. The Morgan fingerprint density at radius 3 is 2.22 bits per heavy atom.